The Bertz CT molecular complexity index is 273. The molecule has 0 bridgehead atoms. The number of hydrogen-bond donors (Lipinski definition) is 0. The summed E-state index contributed by atoms with van der Waals surface area (Å²) >= 11 is 0. The van der Waals surface area contributed by atoms with Crippen molar-refractivity contribution in [2.24, 2.45) is 5.92 Å². The maximum absolute atomic E-state index is 10.8. The number of hydrogen-bond acceptors (Lipinski definition) is 4. The molecule has 1 rings (SSSR count). The van der Waals surface area contributed by atoms with E-state index in [1.54, 1.807) is 34.4 Å². The molecule has 0 saturated heterocycles. The van der Waals surface area contributed by atoms with E-state index in [2.05, 4.69) is 13.5 Å². The van der Waals surface area contributed by atoms with E-state index < -0.39 is 12.6 Å². The third-order valence-corrected chi connectivity index (χ3v) is 3.04. The molecule has 9 heteroatoms. The van der Waals surface area contributed by atoms with E-state index in [-0.39, 0.29) is 21.7 Å². The lowest BCUT2D eigenvalue weighted by Gasteiger charge is -2.05. The zero-order chi connectivity index (χ0) is 17.8. The van der Waals surface area contributed by atoms with E-state index in [1.165, 1.54) is 6.42 Å². The molecule has 4 nitrogen and oxygen atoms in total. The van der Waals surface area contributed by atoms with E-state index in [0.29, 0.717) is 5.82 Å². The smallest absolute Gasteiger partial charge is 0.414 e. The van der Waals surface area contributed by atoms with Crippen LogP contribution in [-0.2, 0) is 18.6 Å². The summed E-state index contributed by atoms with van der Waals surface area (Å²) in [5, 5.41) is 0. The fourth-order valence-corrected chi connectivity index (χ4v) is 1.46. The second kappa shape index (κ2) is 15.1. The first-order chi connectivity index (χ1) is 10.2. The van der Waals surface area contributed by atoms with Gasteiger partial charge in [0.25, 0.3) is 0 Å². The second-order valence-corrected chi connectivity index (χ2v) is 4.76. The van der Waals surface area contributed by atoms with Gasteiger partial charge >= 0.3 is 20.4 Å². The summed E-state index contributed by atoms with van der Waals surface area (Å²) in [5.74, 6) is 3.04. The van der Waals surface area contributed by atoms with Crippen LogP contribution in [0.15, 0.2) is 12.6 Å². The maximum atomic E-state index is 10.8. The van der Waals surface area contributed by atoms with Crippen molar-refractivity contribution in [2.75, 3.05) is 28.4 Å². The molecule has 0 heterocycles. The van der Waals surface area contributed by atoms with E-state index in [1.807, 2.05) is 0 Å². The lowest BCUT2D eigenvalue weighted by atomic mass is 9.81. The van der Waals surface area contributed by atoms with Gasteiger partial charge in [0, 0.05) is 34.9 Å². The molecule has 0 N–H and O–H groups in total. The number of rotatable bonds is 6. The third-order valence-electron chi connectivity index (χ3n) is 3.04. The van der Waals surface area contributed by atoms with Crippen molar-refractivity contribution in [1.29, 1.82) is 0 Å². The van der Waals surface area contributed by atoms with Crippen molar-refractivity contribution >= 4 is 14.2 Å². The average Bonchev–Trinajstić information content (AvgIpc) is 3.20. The Labute approximate surface area is 140 Å². The van der Waals surface area contributed by atoms with Crippen molar-refractivity contribution in [2.45, 2.75) is 46.1 Å². The normalized spacial score (nSPS) is 18.3. The van der Waals surface area contributed by atoms with Crippen LogP contribution < -0.4 is 0 Å². The Morgan fingerprint density at radius 1 is 1.09 bits per heavy atom. The molecule has 23 heavy (non-hydrogen) atoms. The van der Waals surface area contributed by atoms with E-state index in [0.717, 1.165) is 12.8 Å². The van der Waals surface area contributed by atoms with Crippen LogP contribution in [-0.4, -0.2) is 48.9 Å². The van der Waals surface area contributed by atoms with E-state index in [9.17, 15) is 13.2 Å². The van der Waals surface area contributed by atoms with Crippen molar-refractivity contribution in [1.82, 2.24) is 0 Å². The molecule has 2 unspecified atom stereocenters. The lowest BCUT2D eigenvalue weighted by Crippen LogP contribution is -2.19. The summed E-state index contributed by atoms with van der Waals surface area (Å²) in [5.41, 5.74) is 0. The minimum Gasteiger partial charge on any atom is -0.414 e. The van der Waals surface area contributed by atoms with Gasteiger partial charge in [0.15, 0.2) is 0 Å². The van der Waals surface area contributed by atoms with Gasteiger partial charge in [-0.3, -0.25) is 0 Å². The molecule has 1 saturated carbocycles. The number of alkyl halides is 3. The highest BCUT2D eigenvalue weighted by atomic mass is 19.4. The molecule has 0 aromatic carbocycles. The summed E-state index contributed by atoms with van der Waals surface area (Å²) in [4.78, 5) is 0. The monoisotopic (exact) mass is 342 g/mol. The largest absolute Gasteiger partial charge is 0.485 e. The molecule has 0 radical (unpaired) electrons. The first-order valence-corrected chi connectivity index (χ1v) is 7.01. The van der Waals surface area contributed by atoms with Gasteiger partial charge in [0.2, 0.25) is 0 Å². The standard InChI is InChI=1S/C6H13BO2.C4H9BO2.C3H5F3.CH4/c1-5-4-6(5)7(8-2)9-3;1-4-5(6-2)7-3;1-2-3(4,5)6;/h5-6H,4H2,1-3H3;4H,1H2,2-3H3;2H2,1H3;1H4. The average molecular weight is 342 g/mol. The van der Waals surface area contributed by atoms with Crippen LogP contribution in [0.5, 0.6) is 0 Å². The van der Waals surface area contributed by atoms with Gasteiger partial charge in [-0.2, -0.15) is 13.2 Å². The highest BCUT2D eigenvalue weighted by molar-refractivity contribution is 6.50. The highest BCUT2D eigenvalue weighted by Gasteiger charge is 2.44. The second-order valence-electron chi connectivity index (χ2n) is 4.76. The van der Waals surface area contributed by atoms with Crippen LogP contribution in [0.3, 0.4) is 0 Å². The highest BCUT2D eigenvalue weighted by Crippen LogP contribution is 2.46. The van der Waals surface area contributed by atoms with Gasteiger partial charge in [-0.05, 0) is 18.2 Å². The van der Waals surface area contributed by atoms with E-state index >= 15 is 0 Å². The van der Waals surface area contributed by atoms with Crippen LogP contribution in [0, 0.1) is 5.92 Å². The van der Waals surface area contributed by atoms with Crippen molar-refractivity contribution in [3.63, 3.8) is 0 Å². The zero-order valence-electron chi connectivity index (χ0n) is 14.3. The molecule has 2 atom stereocenters. The molecular formula is C14H31B2F3O4. The Kier molecular flexibility index (Phi) is 17.9. The zero-order valence-corrected chi connectivity index (χ0v) is 14.3. The predicted molar refractivity (Wildman–Crippen MR) is 90.3 cm³/mol. The van der Waals surface area contributed by atoms with Crippen LogP contribution in [0.1, 0.15) is 34.1 Å². The van der Waals surface area contributed by atoms with Gasteiger partial charge in [-0.15, -0.1) is 6.58 Å². The fourth-order valence-electron chi connectivity index (χ4n) is 1.46. The number of halogens is 3. The van der Waals surface area contributed by atoms with Crippen LogP contribution in [0.2, 0.25) is 5.82 Å². The summed E-state index contributed by atoms with van der Waals surface area (Å²) in [7, 11) is 6.31. The maximum Gasteiger partial charge on any atom is 0.485 e. The molecule has 1 fully saturated rings. The first-order valence-electron chi connectivity index (χ1n) is 7.01. The van der Waals surface area contributed by atoms with Crippen LogP contribution >= 0.6 is 0 Å². The van der Waals surface area contributed by atoms with Gasteiger partial charge in [-0.1, -0.05) is 27.2 Å². The lowest BCUT2D eigenvalue weighted by molar-refractivity contribution is -0.130. The molecule has 0 aliphatic heterocycles. The molecule has 0 aromatic heterocycles. The molecule has 0 spiro atoms. The molecular weight excluding hydrogens is 311 g/mol. The summed E-state index contributed by atoms with van der Waals surface area (Å²) in [6.07, 6.45) is -3.43. The topological polar surface area (TPSA) is 36.9 Å². The molecule has 0 aromatic rings. The first kappa shape index (κ1) is 27.4. The molecule has 138 valence electrons. The van der Waals surface area contributed by atoms with Crippen molar-refractivity contribution < 1.29 is 31.8 Å². The SMILES string of the molecule is C.C=CB(OC)OC.CCC(F)(F)F.COB(OC)C1CC1C. The summed E-state index contributed by atoms with van der Waals surface area (Å²) in [6.45, 7) is 6.75. The summed E-state index contributed by atoms with van der Waals surface area (Å²) < 4.78 is 51.9. The predicted octanol–water partition coefficient (Wildman–Crippen LogP) is 4.26. The molecule has 0 amide bonds. The van der Waals surface area contributed by atoms with Gasteiger partial charge in [0.05, 0.1) is 0 Å². The Morgan fingerprint density at radius 2 is 1.43 bits per heavy atom. The van der Waals surface area contributed by atoms with Crippen LogP contribution in [0.25, 0.3) is 0 Å². The van der Waals surface area contributed by atoms with Gasteiger partial charge in [0.1, 0.15) is 0 Å². The van der Waals surface area contributed by atoms with E-state index in [4.69, 9.17) is 18.6 Å². The van der Waals surface area contributed by atoms with Crippen molar-refractivity contribution in [3.05, 3.63) is 12.6 Å². The minimum absolute atomic E-state index is 0. The van der Waals surface area contributed by atoms with Gasteiger partial charge < -0.3 is 18.6 Å². The minimum atomic E-state index is -3.96. The van der Waals surface area contributed by atoms with Crippen LogP contribution in [0.4, 0.5) is 13.2 Å². The molecule has 1 aliphatic carbocycles. The summed E-state index contributed by atoms with van der Waals surface area (Å²) in [6, 6.07) is 0. The Morgan fingerprint density at radius 3 is 1.48 bits per heavy atom. The Balaban J connectivity index is -0.000000262. The Hall–Kier alpha value is -0.500. The third kappa shape index (κ3) is 16.1. The van der Waals surface area contributed by atoms with Gasteiger partial charge in [-0.25, -0.2) is 0 Å². The van der Waals surface area contributed by atoms with Crippen molar-refractivity contribution in [3.8, 4) is 0 Å². The molecule has 1 aliphatic rings. The fraction of sp³-hybridized carbons (Fsp3) is 0.857. The quantitative estimate of drug-likeness (QED) is 0.676.